The number of para-hydroxylation sites is 3. The zero-order valence-corrected chi connectivity index (χ0v) is 29.9. The smallest absolute Gasteiger partial charge is 0.138 e. The zero-order valence-electron chi connectivity index (χ0n) is 29.9. The number of benzene rings is 9. The summed E-state index contributed by atoms with van der Waals surface area (Å²) < 4.78 is 9.22. The van der Waals surface area contributed by atoms with E-state index in [9.17, 15) is 0 Å². The minimum Gasteiger partial charge on any atom is -0.456 e. The average Bonchev–Trinajstić information content (AvgIpc) is 3.81. The Morgan fingerprint density at radius 3 is 1.78 bits per heavy atom. The van der Waals surface area contributed by atoms with Crippen LogP contribution in [0.3, 0.4) is 0 Å². The van der Waals surface area contributed by atoms with Gasteiger partial charge in [-0.1, -0.05) is 133 Å². The van der Waals surface area contributed by atoms with Gasteiger partial charge in [-0.15, -0.1) is 0 Å². The molecule has 3 nitrogen and oxygen atoms in total. The predicted molar refractivity (Wildman–Crippen MR) is 231 cm³/mol. The minimum absolute atomic E-state index is 0.854. The van der Waals surface area contributed by atoms with Gasteiger partial charge in [0.1, 0.15) is 11.2 Å². The monoisotopic (exact) mass is 702 g/mol. The van der Waals surface area contributed by atoms with Gasteiger partial charge >= 0.3 is 0 Å². The minimum atomic E-state index is 0.854. The van der Waals surface area contributed by atoms with E-state index in [0.717, 1.165) is 55.8 Å². The summed E-state index contributed by atoms with van der Waals surface area (Å²) in [6.07, 6.45) is 0. The van der Waals surface area contributed by atoms with Crippen LogP contribution in [0.5, 0.6) is 0 Å². The molecule has 0 fully saturated rings. The van der Waals surface area contributed by atoms with Crippen LogP contribution in [0, 0.1) is 0 Å². The zero-order chi connectivity index (χ0) is 36.3. The summed E-state index contributed by atoms with van der Waals surface area (Å²) in [5.41, 5.74) is 13.0. The highest BCUT2D eigenvalue weighted by Crippen LogP contribution is 2.47. The van der Waals surface area contributed by atoms with E-state index in [1.165, 1.54) is 43.7 Å². The van der Waals surface area contributed by atoms with E-state index in [0.29, 0.717) is 0 Å². The normalized spacial score (nSPS) is 11.6. The van der Waals surface area contributed by atoms with Crippen molar-refractivity contribution in [2.45, 2.75) is 0 Å². The molecule has 11 aromatic rings. The number of fused-ring (bicyclic) bond motifs is 8. The molecule has 0 spiro atoms. The maximum absolute atomic E-state index is 6.85. The van der Waals surface area contributed by atoms with Crippen LogP contribution >= 0.6 is 0 Å². The number of nitrogens with zero attached hydrogens (tertiary/aromatic N) is 2. The molecule has 0 amide bonds. The number of anilines is 3. The lowest BCUT2D eigenvalue weighted by molar-refractivity contribution is 0.669. The van der Waals surface area contributed by atoms with Gasteiger partial charge in [0.2, 0.25) is 0 Å². The molecule has 0 aliphatic rings. The van der Waals surface area contributed by atoms with Crippen LogP contribution in [0.15, 0.2) is 211 Å². The van der Waals surface area contributed by atoms with Crippen molar-refractivity contribution in [3.05, 3.63) is 206 Å². The Balaban J connectivity index is 1.19. The van der Waals surface area contributed by atoms with E-state index in [1.807, 2.05) is 0 Å². The molecule has 55 heavy (non-hydrogen) atoms. The maximum atomic E-state index is 6.85. The first-order valence-electron chi connectivity index (χ1n) is 18.8. The first-order chi connectivity index (χ1) is 27.3. The number of hydrogen-bond donors (Lipinski definition) is 0. The van der Waals surface area contributed by atoms with Crippen LogP contribution in [0.2, 0.25) is 0 Å². The molecule has 3 heteroatoms. The van der Waals surface area contributed by atoms with Crippen LogP contribution in [-0.2, 0) is 0 Å². The molecule has 9 aromatic carbocycles. The summed E-state index contributed by atoms with van der Waals surface area (Å²) in [6.45, 7) is 0. The molecular formula is C52H34N2O. The Bertz CT molecular complexity index is 3180. The summed E-state index contributed by atoms with van der Waals surface area (Å²) >= 11 is 0. The Morgan fingerprint density at radius 1 is 0.364 bits per heavy atom. The van der Waals surface area contributed by atoms with Crippen molar-refractivity contribution in [2.75, 3.05) is 4.90 Å². The Morgan fingerprint density at radius 2 is 0.982 bits per heavy atom. The number of rotatable bonds is 6. The molecule has 0 bridgehead atoms. The fourth-order valence-corrected chi connectivity index (χ4v) is 8.43. The molecule has 2 heterocycles. The van der Waals surface area contributed by atoms with Gasteiger partial charge in [0.05, 0.1) is 22.1 Å². The van der Waals surface area contributed by atoms with E-state index in [-0.39, 0.29) is 0 Å². The van der Waals surface area contributed by atoms with Gasteiger partial charge in [-0.25, -0.2) is 0 Å². The predicted octanol–water partition coefficient (Wildman–Crippen LogP) is 14.6. The highest BCUT2D eigenvalue weighted by atomic mass is 16.3. The fourth-order valence-electron chi connectivity index (χ4n) is 8.43. The van der Waals surface area contributed by atoms with Gasteiger partial charge in [-0.05, 0) is 106 Å². The second-order valence-corrected chi connectivity index (χ2v) is 14.1. The lowest BCUT2D eigenvalue weighted by atomic mass is 9.97. The van der Waals surface area contributed by atoms with E-state index >= 15 is 0 Å². The summed E-state index contributed by atoms with van der Waals surface area (Å²) in [6, 6.07) is 73.8. The van der Waals surface area contributed by atoms with Crippen LogP contribution < -0.4 is 4.90 Å². The number of aromatic nitrogens is 1. The third kappa shape index (κ3) is 5.13. The van der Waals surface area contributed by atoms with E-state index in [2.05, 4.69) is 216 Å². The Kier molecular flexibility index (Phi) is 7.17. The largest absolute Gasteiger partial charge is 0.456 e. The number of hydrogen-bond acceptors (Lipinski definition) is 2. The lowest BCUT2D eigenvalue weighted by Gasteiger charge is -2.27. The summed E-state index contributed by atoms with van der Waals surface area (Å²) in [7, 11) is 0. The molecule has 258 valence electrons. The highest BCUT2D eigenvalue weighted by Gasteiger charge is 2.23. The van der Waals surface area contributed by atoms with Crippen molar-refractivity contribution in [3.63, 3.8) is 0 Å². The molecule has 0 aliphatic carbocycles. The van der Waals surface area contributed by atoms with Crippen LogP contribution in [-0.4, -0.2) is 4.57 Å². The molecule has 0 N–H and O–H groups in total. The van der Waals surface area contributed by atoms with Crippen molar-refractivity contribution in [1.29, 1.82) is 0 Å². The van der Waals surface area contributed by atoms with Crippen LogP contribution in [0.25, 0.3) is 82.5 Å². The molecule has 11 rings (SSSR count). The van der Waals surface area contributed by atoms with Crippen LogP contribution in [0.4, 0.5) is 17.1 Å². The fraction of sp³-hybridized carbons (Fsp3) is 0. The van der Waals surface area contributed by atoms with Crippen molar-refractivity contribution < 1.29 is 4.42 Å². The standard InChI is InChI=1S/C52H34N2O/c1-4-14-35(15-5-1)36-24-28-42(29-25-36)53(40-17-6-2-7-18-40)48-33-39(34-50-52(48)51-43-21-11-10-16-37(43)27-31-49(51)55-50)38-26-30-47-45(32-38)44-22-12-13-23-46(44)54(47)41-19-8-3-9-20-41/h1-34H. The molecule has 0 aliphatic heterocycles. The third-order valence-corrected chi connectivity index (χ3v) is 11.0. The molecule has 0 saturated heterocycles. The lowest BCUT2D eigenvalue weighted by Crippen LogP contribution is -2.10. The summed E-state index contributed by atoms with van der Waals surface area (Å²) in [5, 5.41) is 7.02. The topological polar surface area (TPSA) is 21.3 Å². The van der Waals surface area contributed by atoms with Crippen molar-refractivity contribution in [3.8, 4) is 27.9 Å². The molecule has 0 radical (unpaired) electrons. The van der Waals surface area contributed by atoms with E-state index in [1.54, 1.807) is 0 Å². The summed E-state index contributed by atoms with van der Waals surface area (Å²) in [5.74, 6) is 0. The van der Waals surface area contributed by atoms with Crippen molar-refractivity contribution >= 4 is 71.6 Å². The summed E-state index contributed by atoms with van der Waals surface area (Å²) in [4.78, 5) is 2.39. The van der Waals surface area contributed by atoms with Gasteiger partial charge in [0, 0.05) is 33.2 Å². The SMILES string of the molecule is c1ccc(-c2ccc(N(c3ccccc3)c3cc(-c4ccc5c(c4)c4ccccc4n5-c4ccccc4)cc4oc5ccc6ccccc6c5c34)cc2)cc1. The van der Waals surface area contributed by atoms with Gasteiger partial charge in [-0.2, -0.15) is 0 Å². The van der Waals surface area contributed by atoms with Crippen LogP contribution in [0.1, 0.15) is 0 Å². The average molecular weight is 703 g/mol. The number of furan rings is 1. The van der Waals surface area contributed by atoms with Gasteiger partial charge in [0.15, 0.2) is 0 Å². The molecule has 0 unspecified atom stereocenters. The van der Waals surface area contributed by atoms with E-state index < -0.39 is 0 Å². The van der Waals surface area contributed by atoms with Crippen molar-refractivity contribution in [2.24, 2.45) is 0 Å². The van der Waals surface area contributed by atoms with Crippen molar-refractivity contribution in [1.82, 2.24) is 4.57 Å². The first-order valence-corrected chi connectivity index (χ1v) is 18.8. The molecule has 0 atom stereocenters. The molecule has 2 aromatic heterocycles. The highest BCUT2D eigenvalue weighted by molar-refractivity contribution is 6.24. The quantitative estimate of drug-likeness (QED) is 0.172. The second kappa shape index (κ2) is 12.6. The van der Waals surface area contributed by atoms with Gasteiger partial charge in [-0.3, -0.25) is 0 Å². The molecule has 0 saturated carbocycles. The van der Waals surface area contributed by atoms with E-state index in [4.69, 9.17) is 4.42 Å². The first kappa shape index (κ1) is 31.2. The second-order valence-electron chi connectivity index (χ2n) is 14.1. The van der Waals surface area contributed by atoms with Gasteiger partial charge in [0.25, 0.3) is 0 Å². The maximum Gasteiger partial charge on any atom is 0.138 e. The third-order valence-electron chi connectivity index (χ3n) is 11.0. The Labute approximate surface area is 318 Å². The van der Waals surface area contributed by atoms with Gasteiger partial charge < -0.3 is 13.9 Å². The molecular weight excluding hydrogens is 669 g/mol. The Hall–Kier alpha value is -7.36.